The number of hydrogen-bond donors (Lipinski definition) is 1. The lowest BCUT2D eigenvalue weighted by Crippen LogP contribution is -2.31. The highest BCUT2D eigenvalue weighted by Gasteiger charge is 2.26. The first-order valence-electron chi connectivity index (χ1n) is 6.65. The summed E-state index contributed by atoms with van der Waals surface area (Å²) >= 11 is 0. The molecule has 3 rings (SSSR count). The van der Waals surface area contributed by atoms with Crippen LogP contribution in [0.1, 0.15) is 16.7 Å². The fraction of sp³-hybridized carbons (Fsp3) is 0.118. The maximum atomic E-state index is 11.9. The van der Waals surface area contributed by atoms with Crippen LogP contribution < -0.4 is 4.90 Å². The van der Waals surface area contributed by atoms with Crippen molar-refractivity contribution in [2.75, 3.05) is 11.9 Å². The molecule has 0 unspecified atom stereocenters. The number of cyclic esters (lactones) is 1. The van der Waals surface area contributed by atoms with E-state index in [1.54, 1.807) is 13.1 Å². The van der Waals surface area contributed by atoms with Crippen molar-refractivity contribution in [1.82, 2.24) is 0 Å². The lowest BCUT2D eigenvalue weighted by molar-refractivity contribution is 0.199. The van der Waals surface area contributed by atoms with E-state index in [4.69, 9.17) is 4.74 Å². The van der Waals surface area contributed by atoms with Gasteiger partial charge in [-0.2, -0.15) is 0 Å². The van der Waals surface area contributed by atoms with Crippen molar-refractivity contribution in [3.8, 4) is 0 Å². The Morgan fingerprint density at radius 1 is 1.19 bits per heavy atom. The Labute approximate surface area is 122 Å². The van der Waals surface area contributed by atoms with E-state index >= 15 is 0 Å². The fourth-order valence-corrected chi connectivity index (χ4v) is 2.30. The van der Waals surface area contributed by atoms with Crippen LogP contribution in [-0.2, 0) is 11.3 Å². The predicted octanol–water partition coefficient (Wildman–Crippen LogP) is 3.26. The monoisotopic (exact) mass is 281 g/mol. The Hall–Kier alpha value is -2.59. The van der Waals surface area contributed by atoms with Gasteiger partial charge in [0.05, 0.1) is 12.3 Å². The molecule has 0 saturated carbocycles. The molecule has 1 aliphatic rings. The van der Waals surface area contributed by atoms with Crippen LogP contribution in [0.25, 0.3) is 11.8 Å². The average Bonchev–Trinajstić information content (AvgIpc) is 2.53. The van der Waals surface area contributed by atoms with E-state index in [1.807, 2.05) is 48.5 Å². The molecule has 0 atom stereocenters. The minimum Gasteiger partial charge on any atom is -0.409 e. The highest BCUT2D eigenvalue weighted by Crippen LogP contribution is 2.35. The normalized spacial score (nSPS) is 15.8. The minimum atomic E-state index is -0.415. The van der Waals surface area contributed by atoms with Gasteiger partial charge in [0.1, 0.15) is 5.76 Å². The molecule has 0 spiro atoms. The molecule has 21 heavy (non-hydrogen) atoms. The molecule has 1 amide bonds. The number of aliphatic hydroxyl groups is 1. The van der Waals surface area contributed by atoms with Gasteiger partial charge >= 0.3 is 6.09 Å². The van der Waals surface area contributed by atoms with Gasteiger partial charge in [0.25, 0.3) is 0 Å². The molecule has 0 saturated heterocycles. The van der Waals surface area contributed by atoms with Crippen molar-refractivity contribution in [3.05, 3.63) is 65.2 Å². The van der Waals surface area contributed by atoms with Crippen LogP contribution in [0.3, 0.4) is 0 Å². The van der Waals surface area contributed by atoms with Crippen LogP contribution in [0.5, 0.6) is 0 Å². The largest absolute Gasteiger partial charge is 0.419 e. The van der Waals surface area contributed by atoms with E-state index < -0.39 is 6.09 Å². The number of anilines is 1. The summed E-state index contributed by atoms with van der Waals surface area (Å²) in [4.78, 5) is 13.4. The summed E-state index contributed by atoms with van der Waals surface area (Å²) in [6.45, 7) is -0.0520. The summed E-state index contributed by atoms with van der Waals surface area (Å²) in [6.07, 6.45) is 1.41. The topological polar surface area (TPSA) is 49.8 Å². The first-order chi connectivity index (χ1) is 10.2. The van der Waals surface area contributed by atoms with E-state index in [1.165, 1.54) is 4.90 Å². The van der Waals surface area contributed by atoms with Crippen molar-refractivity contribution < 1.29 is 14.6 Å². The van der Waals surface area contributed by atoms with Crippen molar-refractivity contribution in [3.63, 3.8) is 0 Å². The highest BCUT2D eigenvalue weighted by molar-refractivity contribution is 6.01. The second kappa shape index (κ2) is 5.42. The summed E-state index contributed by atoms with van der Waals surface area (Å²) in [6, 6.07) is 15.1. The lowest BCUT2D eigenvalue weighted by atomic mass is 10.0. The number of aliphatic hydroxyl groups excluding tert-OH is 1. The number of rotatable bonds is 2. The second-order valence-electron chi connectivity index (χ2n) is 4.86. The summed E-state index contributed by atoms with van der Waals surface area (Å²) in [5.74, 6) is 0.495. The Morgan fingerprint density at radius 3 is 2.67 bits per heavy atom. The van der Waals surface area contributed by atoms with E-state index in [0.717, 1.165) is 22.4 Å². The zero-order valence-corrected chi connectivity index (χ0v) is 11.6. The van der Waals surface area contributed by atoms with E-state index in [0.29, 0.717) is 5.76 Å². The van der Waals surface area contributed by atoms with Crippen LogP contribution in [0.4, 0.5) is 10.5 Å². The molecule has 1 aliphatic heterocycles. The first kappa shape index (κ1) is 13.4. The highest BCUT2D eigenvalue weighted by atomic mass is 16.6. The third kappa shape index (κ3) is 2.53. The molecular formula is C17H15NO3. The number of benzene rings is 2. The van der Waals surface area contributed by atoms with Crippen molar-refractivity contribution in [1.29, 1.82) is 0 Å². The maximum Gasteiger partial charge on any atom is 0.419 e. The molecule has 0 fully saturated rings. The molecule has 0 radical (unpaired) electrons. The number of fused-ring (bicyclic) bond motifs is 1. The van der Waals surface area contributed by atoms with Crippen molar-refractivity contribution in [2.45, 2.75) is 6.61 Å². The quantitative estimate of drug-likeness (QED) is 0.919. The second-order valence-corrected chi connectivity index (χ2v) is 4.86. The smallest absolute Gasteiger partial charge is 0.409 e. The van der Waals surface area contributed by atoms with Crippen molar-refractivity contribution in [2.24, 2.45) is 0 Å². The summed E-state index contributed by atoms with van der Waals surface area (Å²) < 4.78 is 5.39. The van der Waals surface area contributed by atoms with Crippen LogP contribution in [-0.4, -0.2) is 18.2 Å². The van der Waals surface area contributed by atoms with Gasteiger partial charge in [-0.05, 0) is 29.3 Å². The van der Waals surface area contributed by atoms with Crippen LogP contribution in [0.15, 0.2) is 48.5 Å². The average molecular weight is 281 g/mol. The van der Waals surface area contributed by atoms with Crippen LogP contribution >= 0.6 is 0 Å². The molecular weight excluding hydrogens is 266 g/mol. The summed E-state index contributed by atoms with van der Waals surface area (Å²) in [7, 11) is 1.67. The molecule has 106 valence electrons. The predicted molar refractivity (Wildman–Crippen MR) is 81.6 cm³/mol. The number of ether oxygens (including phenoxy) is 1. The number of carbonyl (C=O) groups excluding carboxylic acids is 1. The summed E-state index contributed by atoms with van der Waals surface area (Å²) in [5, 5.41) is 9.29. The molecule has 2 aromatic rings. The Morgan fingerprint density at radius 2 is 1.95 bits per heavy atom. The van der Waals surface area contributed by atoms with Gasteiger partial charge in [-0.15, -0.1) is 0 Å². The van der Waals surface area contributed by atoms with Gasteiger partial charge in [-0.1, -0.05) is 36.4 Å². The van der Waals surface area contributed by atoms with Gasteiger partial charge < -0.3 is 9.84 Å². The van der Waals surface area contributed by atoms with Gasteiger partial charge in [0, 0.05) is 12.6 Å². The zero-order valence-electron chi connectivity index (χ0n) is 11.6. The number of amides is 1. The van der Waals surface area contributed by atoms with E-state index in [-0.39, 0.29) is 6.61 Å². The summed E-state index contributed by atoms with van der Waals surface area (Å²) in [5.41, 5.74) is 3.29. The van der Waals surface area contributed by atoms with E-state index in [2.05, 4.69) is 0 Å². The van der Waals surface area contributed by atoms with Gasteiger partial charge in [0.2, 0.25) is 0 Å². The number of nitrogens with zero attached hydrogens (tertiary/aromatic N) is 1. The third-order valence-electron chi connectivity index (χ3n) is 3.44. The molecule has 4 heteroatoms. The molecule has 0 aromatic heterocycles. The number of carbonyl (C=O) groups is 1. The molecule has 1 N–H and O–H groups in total. The molecule has 2 aromatic carbocycles. The minimum absolute atomic E-state index is 0.0520. The molecule has 0 aliphatic carbocycles. The Bertz CT molecular complexity index is 707. The molecule has 1 heterocycles. The van der Waals surface area contributed by atoms with Crippen LogP contribution in [0, 0.1) is 0 Å². The Balaban J connectivity index is 2.13. The van der Waals surface area contributed by atoms with Gasteiger partial charge in [-0.25, -0.2) is 4.79 Å². The molecule has 4 nitrogen and oxygen atoms in total. The Kier molecular flexibility index (Phi) is 3.46. The lowest BCUT2D eigenvalue weighted by Gasteiger charge is -2.27. The standard InChI is InChI=1S/C17H15NO3/c1-18-15-8-7-13(11-19)9-14(15)16(21-17(18)20)10-12-5-3-2-4-6-12/h2-10,19H,11H2,1H3/b16-10-. The van der Waals surface area contributed by atoms with Crippen molar-refractivity contribution >= 4 is 23.6 Å². The van der Waals surface area contributed by atoms with E-state index in [9.17, 15) is 9.90 Å². The van der Waals surface area contributed by atoms with Gasteiger partial charge in [0.15, 0.2) is 0 Å². The SMILES string of the molecule is CN1C(=O)O/C(=C\c2ccccc2)c2cc(CO)ccc21. The third-order valence-corrected chi connectivity index (χ3v) is 3.44. The van der Waals surface area contributed by atoms with Gasteiger partial charge in [-0.3, -0.25) is 4.90 Å². The first-order valence-corrected chi connectivity index (χ1v) is 6.65. The molecule has 0 bridgehead atoms. The van der Waals surface area contributed by atoms with Crippen LogP contribution in [0.2, 0.25) is 0 Å². The number of hydrogen-bond acceptors (Lipinski definition) is 3. The zero-order chi connectivity index (χ0) is 14.8. The maximum absolute atomic E-state index is 11.9. The fourth-order valence-electron chi connectivity index (χ4n) is 2.30.